The smallest absolute Gasteiger partial charge is 0.210 e. The van der Waals surface area contributed by atoms with Gasteiger partial charge in [-0.2, -0.15) is 0 Å². The van der Waals surface area contributed by atoms with Crippen molar-refractivity contribution < 1.29 is 4.79 Å². The van der Waals surface area contributed by atoms with Crippen LogP contribution in [-0.4, -0.2) is 27.8 Å². The van der Waals surface area contributed by atoms with E-state index in [1.165, 1.54) is 5.56 Å². The van der Waals surface area contributed by atoms with Gasteiger partial charge in [0.2, 0.25) is 6.41 Å². The number of amides is 1. The number of hydrogen-bond acceptors (Lipinski definition) is 2. The third kappa shape index (κ3) is 3.44. The standard InChI is InChI=1S/C15H19N3O/c1-3-8-18(11-19)10-15-16-9-14(17-15)13-6-4-12(2)5-7-13/h4-7,9,11H,3,8,10H2,1-2H3,(H,16,17). The number of carbonyl (C=O) groups excluding carboxylic acids is 1. The third-order valence-electron chi connectivity index (χ3n) is 3.00. The molecular weight excluding hydrogens is 238 g/mol. The summed E-state index contributed by atoms with van der Waals surface area (Å²) in [4.78, 5) is 20.2. The normalized spacial score (nSPS) is 10.4. The summed E-state index contributed by atoms with van der Waals surface area (Å²) < 4.78 is 0. The maximum absolute atomic E-state index is 10.9. The van der Waals surface area contributed by atoms with E-state index in [4.69, 9.17) is 0 Å². The van der Waals surface area contributed by atoms with Gasteiger partial charge in [-0.1, -0.05) is 36.8 Å². The summed E-state index contributed by atoms with van der Waals surface area (Å²) in [6, 6.07) is 8.28. The zero-order valence-electron chi connectivity index (χ0n) is 11.4. The van der Waals surface area contributed by atoms with Crippen LogP contribution in [-0.2, 0) is 11.3 Å². The van der Waals surface area contributed by atoms with E-state index in [-0.39, 0.29) is 0 Å². The van der Waals surface area contributed by atoms with Gasteiger partial charge in [-0.15, -0.1) is 0 Å². The molecule has 0 aliphatic carbocycles. The summed E-state index contributed by atoms with van der Waals surface area (Å²) in [5, 5.41) is 0. The Hall–Kier alpha value is -2.10. The minimum atomic E-state index is 0.531. The summed E-state index contributed by atoms with van der Waals surface area (Å²) in [6.07, 6.45) is 3.64. The monoisotopic (exact) mass is 257 g/mol. The first kappa shape index (κ1) is 13.3. The Morgan fingerprint density at radius 1 is 1.32 bits per heavy atom. The Morgan fingerprint density at radius 2 is 2.05 bits per heavy atom. The van der Waals surface area contributed by atoms with Crippen LogP contribution in [0.15, 0.2) is 30.5 Å². The van der Waals surface area contributed by atoms with Crippen LogP contribution < -0.4 is 0 Å². The van der Waals surface area contributed by atoms with E-state index >= 15 is 0 Å². The van der Waals surface area contributed by atoms with E-state index in [0.29, 0.717) is 6.54 Å². The van der Waals surface area contributed by atoms with Gasteiger partial charge < -0.3 is 9.88 Å². The largest absolute Gasteiger partial charge is 0.341 e. The van der Waals surface area contributed by atoms with E-state index in [0.717, 1.165) is 36.5 Å². The maximum Gasteiger partial charge on any atom is 0.210 e. The van der Waals surface area contributed by atoms with Crippen LogP contribution in [0.3, 0.4) is 0 Å². The van der Waals surface area contributed by atoms with E-state index in [1.807, 2.05) is 6.20 Å². The number of nitrogens with one attached hydrogen (secondary N) is 1. The van der Waals surface area contributed by atoms with Gasteiger partial charge in [-0.05, 0) is 18.9 Å². The van der Waals surface area contributed by atoms with Crippen molar-refractivity contribution in [3.05, 3.63) is 41.9 Å². The van der Waals surface area contributed by atoms with Crippen molar-refractivity contribution in [2.24, 2.45) is 0 Å². The minimum Gasteiger partial charge on any atom is -0.341 e. The zero-order chi connectivity index (χ0) is 13.7. The Morgan fingerprint density at radius 3 is 2.68 bits per heavy atom. The molecule has 1 amide bonds. The molecular formula is C15H19N3O. The van der Waals surface area contributed by atoms with Crippen LogP contribution in [0.5, 0.6) is 0 Å². The molecule has 0 fully saturated rings. The number of carbonyl (C=O) groups is 1. The van der Waals surface area contributed by atoms with Crippen molar-refractivity contribution in [3.63, 3.8) is 0 Å². The lowest BCUT2D eigenvalue weighted by Gasteiger charge is -2.13. The van der Waals surface area contributed by atoms with Crippen molar-refractivity contribution in [2.45, 2.75) is 26.8 Å². The molecule has 2 aromatic rings. The number of hydrogen-bond donors (Lipinski definition) is 1. The highest BCUT2D eigenvalue weighted by molar-refractivity contribution is 5.58. The maximum atomic E-state index is 10.9. The lowest BCUT2D eigenvalue weighted by atomic mass is 10.1. The average molecular weight is 257 g/mol. The first-order chi connectivity index (χ1) is 9.22. The molecule has 2 rings (SSSR count). The zero-order valence-corrected chi connectivity index (χ0v) is 11.4. The summed E-state index contributed by atoms with van der Waals surface area (Å²) >= 11 is 0. The number of aromatic amines is 1. The van der Waals surface area contributed by atoms with E-state index < -0.39 is 0 Å². The van der Waals surface area contributed by atoms with Gasteiger partial charge in [-0.25, -0.2) is 4.98 Å². The first-order valence-electron chi connectivity index (χ1n) is 6.53. The fourth-order valence-corrected chi connectivity index (χ4v) is 1.97. The van der Waals surface area contributed by atoms with Gasteiger partial charge in [-0.3, -0.25) is 4.79 Å². The van der Waals surface area contributed by atoms with Gasteiger partial charge >= 0.3 is 0 Å². The Labute approximate surface area is 113 Å². The van der Waals surface area contributed by atoms with Gasteiger partial charge in [0.05, 0.1) is 18.4 Å². The van der Waals surface area contributed by atoms with Crippen molar-refractivity contribution in [3.8, 4) is 11.3 Å². The van der Waals surface area contributed by atoms with Gasteiger partial charge in [0.1, 0.15) is 5.82 Å². The number of H-pyrrole nitrogens is 1. The summed E-state index contributed by atoms with van der Waals surface area (Å²) in [5.74, 6) is 0.816. The molecule has 0 radical (unpaired) electrons. The summed E-state index contributed by atoms with van der Waals surface area (Å²) in [6.45, 7) is 5.40. The molecule has 0 atom stereocenters. The first-order valence-corrected chi connectivity index (χ1v) is 6.53. The molecule has 0 unspecified atom stereocenters. The molecule has 1 aromatic carbocycles. The fourth-order valence-electron chi connectivity index (χ4n) is 1.97. The van der Waals surface area contributed by atoms with Gasteiger partial charge in [0.25, 0.3) is 0 Å². The molecule has 1 N–H and O–H groups in total. The molecule has 19 heavy (non-hydrogen) atoms. The van der Waals surface area contributed by atoms with Crippen LogP contribution in [0.4, 0.5) is 0 Å². The van der Waals surface area contributed by atoms with Gasteiger partial charge in [0, 0.05) is 6.54 Å². The molecule has 1 aromatic heterocycles. The Bertz CT molecular complexity index is 531. The van der Waals surface area contributed by atoms with Crippen LogP contribution in [0, 0.1) is 6.92 Å². The van der Waals surface area contributed by atoms with Crippen LogP contribution in [0.25, 0.3) is 11.3 Å². The highest BCUT2D eigenvalue weighted by atomic mass is 16.1. The van der Waals surface area contributed by atoms with Crippen molar-refractivity contribution >= 4 is 6.41 Å². The SMILES string of the molecule is CCCN(C=O)Cc1ncc(-c2ccc(C)cc2)[nH]1. The number of rotatable bonds is 6. The second kappa shape index (κ2) is 6.18. The van der Waals surface area contributed by atoms with Crippen molar-refractivity contribution in [2.75, 3.05) is 6.54 Å². The van der Waals surface area contributed by atoms with E-state index in [1.54, 1.807) is 4.90 Å². The molecule has 0 spiro atoms. The van der Waals surface area contributed by atoms with Crippen LogP contribution >= 0.6 is 0 Å². The molecule has 0 bridgehead atoms. The number of nitrogens with zero attached hydrogens (tertiary/aromatic N) is 2. The highest BCUT2D eigenvalue weighted by Gasteiger charge is 2.07. The van der Waals surface area contributed by atoms with Crippen molar-refractivity contribution in [1.82, 2.24) is 14.9 Å². The number of imidazole rings is 1. The number of benzene rings is 1. The predicted molar refractivity (Wildman–Crippen MR) is 75.5 cm³/mol. The van der Waals surface area contributed by atoms with Crippen LogP contribution in [0.1, 0.15) is 24.7 Å². The predicted octanol–water partition coefficient (Wildman–Crippen LogP) is 2.75. The van der Waals surface area contributed by atoms with Crippen LogP contribution in [0.2, 0.25) is 0 Å². The lowest BCUT2D eigenvalue weighted by molar-refractivity contribution is -0.118. The molecule has 0 saturated heterocycles. The summed E-state index contributed by atoms with van der Waals surface area (Å²) in [7, 11) is 0. The topological polar surface area (TPSA) is 49.0 Å². The lowest BCUT2D eigenvalue weighted by Crippen LogP contribution is -2.22. The molecule has 0 aliphatic rings. The van der Waals surface area contributed by atoms with Gasteiger partial charge in [0.15, 0.2) is 0 Å². The number of aromatic nitrogens is 2. The molecule has 1 heterocycles. The van der Waals surface area contributed by atoms with E-state index in [2.05, 4.69) is 48.1 Å². The fraction of sp³-hybridized carbons (Fsp3) is 0.333. The average Bonchev–Trinajstić information content (AvgIpc) is 2.87. The Balaban J connectivity index is 2.10. The molecule has 4 heteroatoms. The quantitative estimate of drug-likeness (QED) is 0.809. The Kier molecular flexibility index (Phi) is 4.34. The van der Waals surface area contributed by atoms with E-state index in [9.17, 15) is 4.79 Å². The molecule has 4 nitrogen and oxygen atoms in total. The molecule has 100 valence electrons. The van der Waals surface area contributed by atoms with Crippen molar-refractivity contribution in [1.29, 1.82) is 0 Å². The third-order valence-corrected chi connectivity index (χ3v) is 3.00. The second-order valence-electron chi connectivity index (χ2n) is 4.69. The molecule has 0 aliphatic heterocycles. The molecule has 0 saturated carbocycles. The minimum absolute atomic E-state index is 0.531. The summed E-state index contributed by atoms with van der Waals surface area (Å²) in [5.41, 5.74) is 3.33. The highest BCUT2D eigenvalue weighted by Crippen LogP contribution is 2.17. The second-order valence-corrected chi connectivity index (χ2v) is 4.69. The number of aryl methyl sites for hydroxylation is 1.